The first kappa shape index (κ1) is 15.9. The molecule has 0 unspecified atom stereocenters. The van der Waals surface area contributed by atoms with E-state index in [-0.39, 0.29) is 0 Å². The zero-order valence-corrected chi connectivity index (χ0v) is 15.9. The topological polar surface area (TPSA) is 8.81 Å². The quantitative estimate of drug-likeness (QED) is 0.427. The minimum absolute atomic E-state index is 1.22. The van der Waals surface area contributed by atoms with Crippen molar-refractivity contribution in [1.29, 1.82) is 0 Å². The Labute approximate surface area is 149 Å². The molecule has 0 aliphatic carbocycles. The summed E-state index contributed by atoms with van der Waals surface area (Å²) in [6, 6.07) is 15.6. The van der Waals surface area contributed by atoms with Gasteiger partial charge in [0.05, 0.1) is 7.05 Å². The van der Waals surface area contributed by atoms with Crippen molar-refractivity contribution in [2.75, 3.05) is 0 Å². The second kappa shape index (κ2) is 5.45. The third-order valence-corrected chi connectivity index (χ3v) is 5.54. The molecule has 0 aliphatic heterocycles. The van der Waals surface area contributed by atoms with Gasteiger partial charge in [-0.15, -0.1) is 0 Å². The maximum absolute atomic E-state index is 2.44. The maximum atomic E-state index is 2.44. The van der Waals surface area contributed by atoms with Gasteiger partial charge in [0, 0.05) is 16.8 Å². The van der Waals surface area contributed by atoms with Crippen LogP contribution in [0.1, 0.15) is 27.9 Å². The van der Waals surface area contributed by atoms with Crippen LogP contribution in [0, 0.1) is 34.6 Å². The molecule has 0 N–H and O–H groups in total. The van der Waals surface area contributed by atoms with Crippen LogP contribution in [-0.4, -0.2) is 4.57 Å². The summed E-state index contributed by atoms with van der Waals surface area (Å²) in [6.07, 6.45) is 0. The van der Waals surface area contributed by atoms with Crippen molar-refractivity contribution in [2.45, 2.75) is 34.6 Å². The number of para-hydroxylation sites is 1. The number of benzene rings is 2. The van der Waals surface area contributed by atoms with Gasteiger partial charge in [-0.05, 0) is 75.1 Å². The first-order chi connectivity index (χ1) is 11.9. The predicted molar refractivity (Wildman–Crippen MR) is 106 cm³/mol. The summed E-state index contributed by atoms with van der Waals surface area (Å²) in [6.45, 7) is 11.0. The van der Waals surface area contributed by atoms with E-state index in [4.69, 9.17) is 0 Å². The van der Waals surface area contributed by atoms with Gasteiger partial charge in [0.25, 0.3) is 5.82 Å². The lowest BCUT2D eigenvalue weighted by molar-refractivity contribution is -0.671. The van der Waals surface area contributed by atoms with Crippen LogP contribution >= 0.6 is 0 Å². The second-order valence-corrected chi connectivity index (χ2v) is 7.30. The number of hydrogen-bond donors (Lipinski definition) is 0. The molecule has 2 heterocycles. The Morgan fingerprint density at radius 1 is 0.840 bits per heavy atom. The van der Waals surface area contributed by atoms with Crippen molar-refractivity contribution in [1.82, 2.24) is 4.57 Å². The Hall–Kier alpha value is -2.61. The molecule has 2 heteroatoms. The summed E-state index contributed by atoms with van der Waals surface area (Å²) in [5, 5.41) is 2.70. The summed E-state index contributed by atoms with van der Waals surface area (Å²) < 4.78 is 4.73. The zero-order valence-electron chi connectivity index (χ0n) is 15.9. The van der Waals surface area contributed by atoms with Gasteiger partial charge in [0.2, 0.25) is 0 Å². The molecule has 126 valence electrons. The van der Waals surface area contributed by atoms with Gasteiger partial charge < -0.3 is 0 Å². The van der Waals surface area contributed by atoms with Gasteiger partial charge in [-0.2, -0.15) is 4.57 Å². The molecule has 2 aromatic heterocycles. The van der Waals surface area contributed by atoms with Crippen LogP contribution in [0.4, 0.5) is 0 Å². The average molecular weight is 329 g/mol. The van der Waals surface area contributed by atoms with Crippen LogP contribution in [-0.2, 0) is 7.05 Å². The molecule has 0 atom stereocenters. The highest BCUT2D eigenvalue weighted by Crippen LogP contribution is 2.36. The van der Waals surface area contributed by atoms with E-state index in [1.165, 1.54) is 55.6 Å². The standard InChI is InChI=1S/C23H25N2/c1-14-11-17(4)24(6)21(12-14)25-20-10-8-7-9-19(20)22-16(3)13-15(2)18(5)23(22)25/h7-13H,1-6H3/q+1. The van der Waals surface area contributed by atoms with Gasteiger partial charge in [0.15, 0.2) is 0 Å². The number of nitrogens with zero attached hydrogens (tertiary/aromatic N) is 2. The van der Waals surface area contributed by atoms with Crippen molar-refractivity contribution in [3.8, 4) is 5.82 Å². The Kier molecular flexibility index (Phi) is 3.47. The third kappa shape index (κ3) is 2.21. The van der Waals surface area contributed by atoms with E-state index in [2.05, 4.69) is 93.3 Å². The molecule has 0 saturated heterocycles. The second-order valence-electron chi connectivity index (χ2n) is 7.30. The van der Waals surface area contributed by atoms with Crippen LogP contribution in [0.15, 0.2) is 42.5 Å². The molecule has 0 saturated carbocycles. The monoisotopic (exact) mass is 329 g/mol. The number of pyridine rings is 1. The van der Waals surface area contributed by atoms with E-state index in [0.29, 0.717) is 0 Å². The van der Waals surface area contributed by atoms with Gasteiger partial charge in [-0.3, -0.25) is 0 Å². The molecule has 4 rings (SSSR count). The third-order valence-electron chi connectivity index (χ3n) is 5.54. The molecule has 0 spiro atoms. The number of aryl methyl sites for hydroxylation is 5. The smallest absolute Gasteiger partial charge is 0.234 e. The normalized spacial score (nSPS) is 11.6. The molecule has 0 fully saturated rings. The highest BCUT2D eigenvalue weighted by Gasteiger charge is 2.24. The molecule has 0 radical (unpaired) electrons. The van der Waals surface area contributed by atoms with Crippen molar-refractivity contribution >= 4 is 21.8 Å². The summed E-state index contributed by atoms with van der Waals surface area (Å²) in [4.78, 5) is 0. The lowest BCUT2D eigenvalue weighted by atomic mass is 10.00. The highest BCUT2D eigenvalue weighted by molar-refractivity contribution is 6.11. The summed E-state index contributed by atoms with van der Waals surface area (Å²) in [5.41, 5.74) is 9.22. The van der Waals surface area contributed by atoms with E-state index in [1.54, 1.807) is 0 Å². The maximum Gasteiger partial charge on any atom is 0.287 e. The highest BCUT2D eigenvalue weighted by atomic mass is 15.1. The Balaban J connectivity index is 2.32. The van der Waals surface area contributed by atoms with Gasteiger partial charge in [-0.25, -0.2) is 4.57 Å². The van der Waals surface area contributed by atoms with E-state index >= 15 is 0 Å². The van der Waals surface area contributed by atoms with E-state index < -0.39 is 0 Å². The zero-order chi connectivity index (χ0) is 17.9. The van der Waals surface area contributed by atoms with Crippen molar-refractivity contribution in [3.05, 3.63) is 70.4 Å². The van der Waals surface area contributed by atoms with Crippen molar-refractivity contribution < 1.29 is 4.57 Å². The van der Waals surface area contributed by atoms with Crippen LogP contribution in [0.3, 0.4) is 0 Å². The molecule has 2 aromatic carbocycles. The number of fused-ring (bicyclic) bond motifs is 3. The number of rotatable bonds is 1. The molecule has 2 nitrogen and oxygen atoms in total. The van der Waals surface area contributed by atoms with Crippen LogP contribution < -0.4 is 4.57 Å². The Bertz CT molecular complexity index is 1150. The summed E-state index contributed by atoms with van der Waals surface area (Å²) >= 11 is 0. The fourth-order valence-corrected chi connectivity index (χ4v) is 4.09. The molecular formula is C23H25N2+. The minimum Gasteiger partial charge on any atom is -0.234 e. The lowest BCUT2D eigenvalue weighted by Crippen LogP contribution is -2.37. The molecule has 25 heavy (non-hydrogen) atoms. The molecule has 4 aromatic rings. The number of aromatic nitrogens is 2. The number of hydrogen-bond acceptors (Lipinski definition) is 0. The van der Waals surface area contributed by atoms with Crippen LogP contribution in [0.2, 0.25) is 0 Å². The summed E-state index contributed by atoms with van der Waals surface area (Å²) in [5.74, 6) is 1.22. The van der Waals surface area contributed by atoms with Gasteiger partial charge in [0.1, 0.15) is 16.7 Å². The fourth-order valence-electron chi connectivity index (χ4n) is 4.09. The largest absolute Gasteiger partial charge is 0.287 e. The van der Waals surface area contributed by atoms with E-state index in [1.807, 2.05) is 0 Å². The molecule has 0 bridgehead atoms. The predicted octanol–water partition coefficient (Wildman–Crippen LogP) is 5.15. The first-order valence-electron chi connectivity index (χ1n) is 8.87. The summed E-state index contributed by atoms with van der Waals surface area (Å²) in [7, 11) is 2.16. The van der Waals surface area contributed by atoms with E-state index in [0.717, 1.165) is 0 Å². The SMILES string of the molecule is Cc1cc(C)[n+](C)c(-n2c3ccccc3c3c(C)cc(C)c(C)c32)c1. The Morgan fingerprint density at radius 2 is 1.56 bits per heavy atom. The lowest BCUT2D eigenvalue weighted by Gasteiger charge is -2.10. The van der Waals surface area contributed by atoms with Crippen molar-refractivity contribution in [2.24, 2.45) is 7.05 Å². The first-order valence-corrected chi connectivity index (χ1v) is 8.87. The minimum atomic E-state index is 1.22. The molecular weight excluding hydrogens is 304 g/mol. The molecule has 0 aliphatic rings. The van der Waals surface area contributed by atoms with Crippen LogP contribution in [0.25, 0.3) is 27.6 Å². The van der Waals surface area contributed by atoms with Crippen LogP contribution in [0.5, 0.6) is 0 Å². The van der Waals surface area contributed by atoms with E-state index in [9.17, 15) is 0 Å². The average Bonchev–Trinajstić information content (AvgIpc) is 2.91. The molecule has 0 amide bonds. The van der Waals surface area contributed by atoms with Crippen molar-refractivity contribution in [3.63, 3.8) is 0 Å². The van der Waals surface area contributed by atoms with Gasteiger partial charge in [-0.1, -0.05) is 18.2 Å². The fraction of sp³-hybridized carbons (Fsp3) is 0.261. The van der Waals surface area contributed by atoms with Gasteiger partial charge >= 0.3 is 0 Å². The Morgan fingerprint density at radius 3 is 2.32 bits per heavy atom.